The minimum absolute atomic E-state index is 0.0946. The second kappa shape index (κ2) is 4.77. The number of rotatable bonds is 1. The Morgan fingerprint density at radius 3 is 3.05 bits per heavy atom. The lowest BCUT2D eigenvalue weighted by molar-refractivity contribution is 0.0566. The minimum Gasteiger partial charge on any atom is -0.397 e. The zero-order valence-corrected chi connectivity index (χ0v) is 12.0. The van der Waals surface area contributed by atoms with Crippen LogP contribution in [0.25, 0.3) is 10.9 Å². The average molecular weight is 284 g/mol. The quantitative estimate of drug-likeness (QED) is 0.783. The second-order valence-electron chi connectivity index (χ2n) is 6.08. The van der Waals surface area contributed by atoms with Crippen LogP contribution >= 0.6 is 0 Å². The van der Waals surface area contributed by atoms with Crippen molar-refractivity contribution in [1.29, 1.82) is 0 Å². The summed E-state index contributed by atoms with van der Waals surface area (Å²) in [6.07, 6.45) is 2.47. The molecule has 5 heteroatoms. The lowest BCUT2D eigenvalue weighted by Gasteiger charge is -2.37. The highest BCUT2D eigenvalue weighted by Crippen LogP contribution is 2.25. The molecule has 1 amide bonds. The summed E-state index contributed by atoms with van der Waals surface area (Å²) in [6, 6.07) is 8.21. The van der Waals surface area contributed by atoms with Gasteiger partial charge in [-0.25, -0.2) is 0 Å². The molecule has 1 atom stereocenters. The molecule has 3 N–H and O–H groups in total. The molecule has 0 bridgehead atoms. The van der Waals surface area contributed by atoms with E-state index in [4.69, 9.17) is 5.73 Å². The zero-order valence-electron chi connectivity index (χ0n) is 12.0. The fourth-order valence-electron chi connectivity index (χ4n) is 3.64. The van der Waals surface area contributed by atoms with E-state index in [9.17, 15) is 4.79 Å². The highest BCUT2D eigenvalue weighted by Gasteiger charge is 2.33. The van der Waals surface area contributed by atoms with Crippen molar-refractivity contribution in [1.82, 2.24) is 14.8 Å². The Balaban J connectivity index is 1.59. The van der Waals surface area contributed by atoms with Crippen LogP contribution in [0.4, 0.5) is 5.69 Å². The molecular weight excluding hydrogens is 264 g/mol. The lowest BCUT2D eigenvalue weighted by Crippen LogP contribution is -2.52. The first-order chi connectivity index (χ1) is 10.2. The summed E-state index contributed by atoms with van der Waals surface area (Å²) < 4.78 is 0. The summed E-state index contributed by atoms with van der Waals surface area (Å²) in [6.45, 7) is 3.86. The Labute approximate surface area is 123 Å². The summed E-state index contributed by atoms with van der Waals surface area (Å²) in [5.41, 5.74) is 8.15. The first-order valence-corrected chi connectivity index (χ1v) is 7.63. The highest BCUT2D eigenvalue weighted by molar-refractivity contribution is 6.00. The number of nitrogen functional groups attached to an aromatic ring is 1. The predicted molar refractivity (Wildman–Crippen MR) is 83.2 cm³/mol. The van der Waals surface area contributed by atoms with Crippen molar-refractivity contribution in [3.63, 3.8) is 0 Å². The number of piperazine rings is 1. The molecule has 2 fully saturated rings. The second-order valence-corrected chi connectivity index (χ2v) is 6.08. The zero-order chi connectivity index (χ0) is 14.4. The number of nitrogens with one attached hydrogen (secondary N) is 1. The van der Waals surface area contributed by atoms with Gasteiger partial charge in [0.25, 0.3) is 5.91 Å². The predicted octanol–water partition coefficient (Wildman–Crippen LogP) is 1.67. The van der Waals surface area contributed by atoms with E-state index in [0.717, 1.165) is 30.5 Å². The molecule has 2 aliphatic rings. The summed E-state index contributed by atoms with van der Waals surface area (Å²) in [7, 11) is 0. The van der Waals surface area contributed by atoms with E-state index in [1.165, 1.54) is 19.4 Å². The SMILES string of the molecule is Nc1cccc2cc(C(=O)N3CCN4CCCC4C3)[nH]c12. The Kier molecular flexibility index (Phi) is 2.89. The molecule has 0 saturated carbocycles. The maximum absolute atomic E-state index is 12.7. The van der Waals surface area contributed by atoms with E-state index in [2.05, 4.69) is 9.88 Å². The molecule has 2 saturated heterocycles. The molecule has 110 valence electrons. The largest absolute Gasteiger partial charge is 0.397 e. The van der Waals surface area contributed by atoms with Crippen LogP contribution in [0.5, 0.6) is 0 Å². The van der Waals surface area contributed by atoms with Crippen molar-refractivity contribution in [2.24, 2.45) is 0 Å². The van der Waals surface area contributed by atoms with Crippen molar-refractivity contribution in [2.45, 2.75) is 18.9 Å². The van der Waals surface area contributed by atoms with Crippen LogP contribution in [-0.4, -0.2) is 52.9 Å². The number of amides is 1. The maximum Gasteiger partial charge on any atom is 0.270 e. The summed E-state index contributed by atoms with van der Waals surface area (Å²) in [5.74, 6) is 0.0946. The Hall–Kier alpha value is -2.01. The van der Waals surface area contributed by atoms with Crippen molar-refractivity contribution in [3.8, 4) is 0 Å². The number of carbonyl (C=O) groups is 1. The van der Waals surface area contributed by atoms with E-state index in [-0.39, 0.29) is 5.91 Å². The van der Waals surface area contributed by atoms with Crippen LogP contribution in [0.15, 0.2) is 24.3 Å². The normalized spacial score (nSPS) is 22.7. The molecule has 4 rings (SSSR count). The number of H-pyrrole nitrogens is 1. The van der Waals surface area contributed by atoms with Crippen molar-refractivity contribution in [3.05, 3.63) is 30.0 Å². The molecule has 1 aromatic heterocycles. The number of benzene rings is 1. The van der Waals surface area contributed by atoms with Crippen molar-refractivity contribution < 1.29 is 4.79 Å². The topological polar surface area (TPSA) is 65.4 Å². The molecule has 0 spiro atoms. The number of aromatic nitrogens is 1. The molecule has 0 radical (unpaired) electrons. The molecule has 5 nitrogen and oxygen atoms in total. The Morgan fingerprint density at radius 2 is 2.19 bits per heavy atom. The number of hydrogen-bond donors (Lipinski definition) is 2. The Morgan fingerprint density at radius 1 is 1.29 bits per heavy atom. The lowest BCUT2D eigenvalue weighted by atomic mass is 10.1. The minimum atomic E-state index is 0.0946. The number of nitrogens with zero attached hydrogens (tertiary/aromatic N) is 2. The van der Waals surface area contributed by atoms with E-state index in [0.29, 0.717) is 17.4 Å². The molecule has 1 unspecified atom stereocenters. The van der Waals surface area contributed by atoms with E-state index in [1.54, 1.807) is 0 Å². The van der Waals surface area contributed by atoms with Crippen molar-refractivity contribution >= 4 is 22.5 Å². The number of anilines is 1. The number of nitrogens with two attached hydrogens (primary N) is 1. The third-order valence-corrected chi connectivity index (χ3v) is 4.79. The van der Waals surface area contributed by atoms with Crippen LogP contribution < -0.4 is 5.73 Å². The van der Waals surface area contributed by atoms with Crippen LogP contribution in [0, 0.1) is 0 Å². The molecule has 3 heterocycles. The van der Waals surface area contributed by atoms with E-state index in [1.807, 2.05) is 29.2 Å². The van der Waals surface area contributed by atoms with Crippen LogP contribution in [0.2, 0.25) is 0 Å². The van der Waals surface area contributed by atoms with Gasteiger partial charge in [0.15, 0.2) is 0 Å². The van der Waals surface area contributed by atoms with Gasteiger partial charge >= 0.3 is 0 Å². The van der Waals surface area contributed by atoms with Gasteiger partial charge < -0.3 is 15.6 Å². The van der Waals surface area contributed by atoms with E-state index >= 15 is 0 Å². The summed E-state index contributed by atoms with van der Waals surface area (Å²) >= 11 is 0. The Bertz CT molecular complexity index is 693. The maximum atomic E-state index is 12.7. The van der Waals surface area contributed by atoms with Gasteiger partial charge in [-0.15, -0.1) is 0 Å². The number of hydrogen-bond acceptors (Lipinski definition) is 3. The third-order valence-electron chi connectivity index (χ3n) is 4.79. The van der Waals surface area contributed by atoms with Crippen LogP contribution in [0.1, 0.15) is 23.3 Å². The van der Waals surface area contributed by atoms with Crippen LogP contribution in [-0.2, 0) is 0 Å². The van der Waals surface area contributed by atoms with Gasteiger partial charge in [0, 0.05) is 31.1 Å². The number of carbonyl (C=O) groups excluding carboxylic acids is 1. The third kappa shape index (κ3) is 2.08. The van der Waals surface area contributed by atoms with Gasteiger partial charge in [-0.05, 0) is 31.5 Å². The molecule has 0 aliphatic carbocycles. The molecule has 2 aliphatic heterocycles. The molecule has 1 aromatic carbocycles. The van der Waals surface area contributed by atoms with Gasteiger partial charge in [0.05, 0.1) is 11.2 Å². The molecule has 2 aromatic rings. The highest BCUT2D eigenvalue weighted by atomic mass is 16.2. The summed E-state index contributed by atoms with van der Waals surface area (Å²) in [4.78, 5) is 20.4. The monoisotopic (exact) mass is 284 g/mol. The number of aromatic amines is 1. The van der Waals surface area contributed by atoms with E-state index < -0.39 is 0 Å². The van der Waals surface area contributed by atoms with Gasteiger partial charge in [0.2, 0.25) is 0 Å². The molecular formula is C16H20N4O. The number of para-hydroxylation sites is 1. The average Bonchev–Trinajstić information content (AvgIpc) is 3.12. The fraction of sp³-hybridized carbons (Fsp3) is 0.438. The van der Waals surface area contributed by atoms with Crippen molar-refractivity contribution in [2.75, 3.05) is 31.9 Å². The fourth-order valence-corrected chi connectivity index (χ4v) is 3.64. The summed E-state index contributed by atoms with van der Waals surface area (Å²) in [5, 5.41) is 0.998. The smallest absolute Gasteiger partial charge is 0.270 e. The van der Waals surface area contributed by atoms with Crippen LogP contribution in [0.3, 0.4) is 0 Å². The van der Waals surface area contributed by atoms with Gasteiger partial charge in [-0.1, -0.05) is 12.1 Å². The number of fused-ring (bicyclic) bond motifs is 2. The van der Waals surface area contributed by atoms with Gasteiger partial charge in [0.1, 0.15) is 5.69 Å². The van der Waals surface area contributed by atoms with Gasteiger partial charge in [-0.3, -0.25) is 9.69 Å². The van der Waals surface area contributed by atoms with Gasteiger partial charge in [-0.2, -0.15) is 0 Å². The first kappa shape index (κ1) is 12.7. The standard InChI is InChI=1S/C16H20N4O/c17-13-5-1-3-11-9-14(18-15(11)13)16(21)20-8-7-19-6-2-4-12(19)10-20/h1,3,5,9,12,18H,2,4,6-8,10,17H2. The first-order valence-electron chi connectivity index (χ1n) is 7.63. The molecule has 21 heavy (non-hydrogen) atoms.